The summed E-state index contributed by atoms with van der Waals surface area (Å²) in [6, 6.07) is 20.0. The van der Waals surface area contributed by atoms with Crippen LogP contribution < -0.4 is 9.64 Å². The lowest BCUT2D eigenvalue weighted by atomic mass is 10.0. The molecule has 5 heteroatoms. The first-order valence-corrected chi connectivity index (χ1v) is 11.1. The topological polar surface area (TPSA) is 73.2 Å². The van der Waals surface area contributed by atoms with Gasteiger partial charge in [-0.1, -0.05) is 18.2 Å². The first-order valence-electron chi connectivity index (χ1n) is 11.1. The van der Waals surface area contributed by atoms with Crippen LogP contribution >= 0.6 is 0 Å². The summed E-state index contributed by atoms with van der Waals surface area (Å²) in [7, 11) is 0. The Hall–Kier alpha value is -4.12. The number of hydrogen-bond acceptors (Lipinski definition) is 5. The number of nitrogens with zero attached hydrogens (tertiary/aromatic N) is 1. The zero-order chi connectivity index (χ0) is 24.6. The molecule has 4 rings (SSSR count). The third-order valence-electron chi connectivity index (χ3n) is 6.01. The summed E-state index contributed by atoms with van der Waals surface area (Å²) in [5.74, 6) is 1.78. The summed E-state index contributed by atoms with van der Waals surface area (Å²) in [5, 5.41) is 30.7. The predicted molar refractivity (Wildman–Crippen MR) is 136 cm³/mol. The maximum absolute atomic E-state index is 10.5. The van der Waals surface area contributed by atoms with E-state index in [0.717, 1.165) is 44.9 Å². The van der Waals surface area contributed by atoms with Gasteiger partial charge in [0.05, 0.1) is 11.4 Å². The third-order valence-corrected chi connectivity index (χ3v) is 6.01. The van der Waals surface area contributed by atoms with Crippen molar-refractivity contribution in [1.82, 2.24) is 0 Å². The van der Waals surface area contributed by atoms with Crippen LogP contribution in [0.4, 0.5) is 17.1 Å². The van der Waals surface area contributed by atoms with Gasteiger partial charge in [0.2, 0.25) is 0 Å². The smallest absolute Gasteiger partial charge is 0.134 e. The van der Waals surface area contributed by atoms with Crippen LogP contribution in [0.25, 0.3) is 0 Å². The molecule has 0 spiro atoms. The maximum Gasteiger partial charge on any atom is 0.134 e. The molecule has 0 amide bonds. The maximum atomic E-state index is 10.5. The van der Waals surface area contributed by atoms with Crippen molar-refractivity contribution < 1.29 is 20.1 Å². The van der Waals surface area contributed by atoms with Crippen molar-refractivity contribution in [2.75, 3.05) is 4.90 Å². The average Bonchev–Trinajstić information content (AvgIpc) is 2.79. The van der Waals surface area contributed by atoms with Crippen LogP contribution in [0.15, 0.2) is 66.7 Å². The molecule has 0 saturated carbocycles. The van der Waals surface area contributed by atoms with E-state index < -0.39 is 0 Å². The Morgan fingerprint density at radius 2 is 1.09 bits per heavy atom. The van der Waals surface area contributed by atoms with Crippen LogP contribution in [0.5, 0.6) is 28.7 Å². The molecule has 174 valence electrons. The van der Waals surface area contributed by atoms with E-state index in [2.05, 4.69) is 0 Å². The molecule has 0 bridgehead atoms. The van der Waals surface area contributed by atoms with Crippen molar-refractivity contribution in [1.29, 1.82) is 0 Å². The van der Waals surface area contributed by atoms with Crippen molar-refractivity contribution in [3.05, 3.63) is 94.5 Å². The Bertz CT molecular complexity index is 1300. The second-order valence-electron chi connectivity index (χ2n) is 8.73. The van der Waals surface area contributed by atoms with Gasteiger partial charge in [0.1, 0.15) is 28.7 Å². The summed E-state index contributed by atoms with van der Waals surface area (Å²) >= 11 is 0. The molecule has 4 aromatic rings. The van der Waals surface area contributed by atoms with Crippen LogP contribution in [-0.4, -0.2) is 15.3 Å². The number of ether oxygens (including phenoxy) is 1. The fourth-order valence-electron chi connectivity index (χ4n) is 4.04. The summed E-state index contributed by atoms with van der Waals surface area (Å²) in [5.41, 5.74) is 6.97. The van der Waals surface area contributed by atoms with Gasteiger partial charge in [0.25, 0.3) is 0 Å². The number of phenols is 3. The van der Waals surface area contributed by atoms with Crippen molar-refractivity contribution in [2.45, 2.75) is 34.6 Å². The summed E-state index contributed by atoms with van der Waals surface area (Å²) in [4.78, 5) is 2.02. The van der Waals surface area contributed by atoms with Crippen molar-refractivity contribution in [3.8, 4) is 28.7 Å². The minimum atomic E-state index is 0.146. The Kier molecular flexibility index (Phi) is 6.12. The zero-order valence-corrected chi connectivity index (χ0v) is 20.0. The molecule has 0 aliphatic heterocycles. The Balaban J connectivity index is 1.81. The third kappa shape index (κ3) is 4.50. The number of phenolic OH excluding ortho intramolecular Hbond substituents is 3. The van der Waals surface area contributed by atoms with Gasteiger partial charge in [-0.25, -0.2) is 0 Å². The average molecular weight is 456 g/mol. The first kappa shape index (κ1) is 23.1. The second kappa shape index (κ2) is 9.02. The van der Waals surface area contributed by atoms with E-state index in [4.69, 9.17) is 4.74 Å². The van der Waals surface area contributed by atoms with E-state index in [1.165, 1.54) is 0 Å². The van der Waals surface area contributed by atoms with E-state index in [9.17, 15) is 15.3 Å². The van der Waals surface area contributed by atoms with Crippen LogP contribution in [0, 0.1) is 34.6 Å². The monoisotopic (exact) mass is 455 g/mol. The van der Waals surface area contributed by atoms with Crippen molar-refractivity contribution in [3.63, 3.8) is 0 Å². The molecule has 3 N–H and O–H groups in total. The number of hydrogen-bond donors (Lipinski definition) is 3. The Morgan fingerprint density at radius 3 is 1.62 bits per heavy atom. The van der Waals surface area contributed by atoms with E-state index >= 15 is 0 Å². The molecule has 0 unspecified atom stereocenters. The lowest BCUT2D eigenvalue weighted by molar-refractivity contribution is 0.453. The highest BCUT2D eigenvalue weighted by atomic mass is 16.5. The standard InChI is InChI=1S/C29H29NO4/c1-17-6-9-23(31)14-29(17)34-24-10-7-22(8-11-24)30(25-15-27(32)20(4)12-18(25)2)26-16-28(33)21(5)13-19(26)3/h6-16,31-33H,1-5H3. The van der Waals surface area contributed by atoms with Crippen LogP contribution in [0.3, 0.4) is 0 Å². The molecule has 4 aromatic carbocycles. The molecular formula is C29H29NO4. The number of aryl methyl sites for hydroxylation is 5. The SMILES string of the molecule is Cc1cc(C)c(N(c2ccc(Oc3cc(O)ccc3C)cc2)c2cc(O)c(C)cc2C)cc1O. The molecule has 0 aromatic heterocycles. The predicted octanol–water partition coefficient (Wildman–Crippen LogP) is 7.61. The molecule has 34 heavy (non-hydrogen) atoms. The zero-order valence-electron chi connectivity index (χ0n) is 20.0. The Morgan fingerprint density at radius 1 is 0.559 bits per heavy atom. The number of rotatable bonds is 5. The van der Waals surface area contributed by atoms with Gasteiger partial charge in [-0.15, -0.1) is 0 Å². The Labute approximate surface area is 200 Å². The molecule has 0 aliphatic rings. The highest BCUT2D eigenvalue weighted by Crippen LogP contribution is 2.43. The first-order chi connectivity index (χ1) is 16.1. The van der Waals surface area contributed by atoms with Gasteiger partial charge in [-0.2, -0.15) is 0 Å². The van der Waals surface area contributed by atoms with Gasteiger partial charge in [-0.3, -0.25) is 0 Å². The van der Waals surface area contributed by atoms with Gasteiger partial charge in [0.15, 0.2) is 0 Å². The van der Waals surface area contributed by atoms with Crippen LogP contribution in [-0.2, 0) is 0 Å². The van der Waals surface area contributed by atoms with Crippen LogP contribution in [0.1, 0.15) is 27.8 Å². The molecule has 0 atom stereocenters. The van der Waals surface area contributed by atoms with Crippen molar-refractivity contribution >= 4 is 17.1 Å². The minimum absolute atomic E-state index is 0.146. The normalized spacial score (nSPS) is 10.9. The van der Waals surface area contributed by atoms with Gasteiger partial charge in [-0.05, 0) is 92.8 Å². The van der Waals surface area contributed by atoms with Crippen molar-refractivity contribution in [2.24, 2.45) is 0 Å². The highest BCUT2D eigenvalue weighted by Gasteiger charge is 2.19. The molecular weight excluding hydrogens is 426 g/mol. The summed E-state index contributed by atoms with van der Waals surface area (Å²) in [6.07, 6.45) is 0. The highest BCUT2D eigenvalue weighted by molar-refractivity contribution is 5.82. The molecule has 5 nitrogen and oxygen atoms in total. The van der Waals surface area contributed by atoms with Gasteiger partial charge < -0.3 is 25.0 Å². The second-order valence-corrected chi connectivity index (χ2v) is 8.73. The lowest BCUT2D eigenvalue weighted by Crippen LogP contribution is -2.13. The fraction of sp³-hybridized carbons (Fsp3) is 0.172. The molecule has 0 saturated heterocycles. The molecule has 0 aliphatic carbocycles. The van der Waals surface area contributed by atoms with E-state index in [-0.39, 0.29) is 17.2 Å². The van der Waals surface area contributed by atoms with Crippen LogP contribution in [0.2, 0.25) is 0 Å². The quantitative estimate of drug-likeness (QED) is 0.289. The van der Waals surface area contributed by atoms with E-state index in [1.54, 1.807) is 30.3 Å². The van der Waals surface area contributed by atoms with Gasteiger partial charge in [0, 0.05) is 23.9 Å². The fourth-order valence-corrected chi connectivity index (χ4v) is 4.04. The molecule has 0 fully saturated rings. The lowest BCUT2D eigenvalue weighted by Gasteiger charge is -2.29. The van der Waals surface area contributed by atoms with E-state index in [1.807, 2.05) is 75.9 Å². The van der Waals surface area contributed by atoms with Gasteiger partial charge >= 0.3 is 0 Å². The molecule has 0 radical (unpaired) electrons. The summed E-state index contributed by atoms with van der Waals surface area (Å²) in [6.45, 7) is 9.66. The largest absolute Gasteiger partial charge is 0.508 e. The van der Waals surface area contributed by atoms with E-state index in [0.29, 0.717) is 11.5 Å². The number of aromatic hydroxyl groups is 3. The molecule has 0 heterocycles. The summed E-state index contributed by atoms with van der Waals surface area (Å²) < 4.78 is 5.99. The number of anilines is 3. The number of benzene rings is 4. The minimum Gasteiger partial charge on any atom is -0.508 e.